The average molecular weight is 380 g/mol. The summed E-state index contributed by atoms with van der Waals surface area (Å²) in [4.78, 5) is 31.5. The fourth-order valence-electron chi connectivity index (χ4n) is 4.60. The number of hydrogen-bond acceptors (Lipinski definition) is 4. The molecule has 1 atom stereocenters. The zero-order valence-corrected chi connectivity index (χ0v) is 15.9. The van der Waals surface area contributed by atoms with Gasteiger partial charge in [-0.15, -0.1) is 0 Å². The minimum Gasteiger partial charge on any atom is -0.481 e. The largest absolute Gasteiger partial charge is 0.481 e. The summed E-state index contributed by atoms with van der Waals surface area (Å²) in [6.07, 6.45) is 3.05. The predicted octanol–water partition coefficient (Wildman–Crippen LogP) is 3.01. The van der Waals surface area contributed by atoms with Gasteiger partial charge in [0.1, 0.15) is 0 Å². The highest BCUT2D eigenvalue weighted by Crippen LogP contribution is 2.45. The number of nitrogens with zero attached hydrogens (tertiary/aromatic N) is 2. The fraction of sp³-hybridized carbons (Fsp3) is 0.409. The highest BCUT2D eigenvalue weighted by atomic mass is 16.5. The van der Waals surface area contributed by atoms with Crippen LogP contribution in [0.5, 0.6) is 0 Å². The summed E-state index contributed by atoms with van der Waals surface area (Å²) in [5.41, 5.74) is 2.60. The number of benzene rings is 1. The number of carbonyl (C=O) groups excluding carboxylic acids is 1. The summed E-state index contributed by atoms with van der Waals surface area (Å²) in [6.45, 7) is 3.61. The first-order valence-corrected chi connectivity index (χ1v) is 9.63. The quantitative estimate of drug-likeness (QED) is 0.885. The van der Waals surface area contributed by atoms with Gasteiger partial charge in [-0.1, -0.05) is 30.3 Å². The van der Waals surface area contributed by atoms with Crippen LogP contribution in [0.15, 0.2) is 42.6 Å². The molecule has 1 aromatic heterocycles. The van der Waals surface area contributed by atoms with Crippen molar-refractivity contribution in [3.8, 4) is 11.1 Å². The van der Waals surface area contributed by atoms with Crippen LogP contribution in [0.4, 0.5) is 0 Å². The van der Waals surface area contributed by atoms with E-state index in [2.05, 4.69) is 4.98 Å². The van der Waals surface area contributed by atoms with Gasteiger partial charge >= 0.3 is 5.97 Å². The zero-order valence-electron chi connectivity index (χ0n) is 15.9. The molecule has 2 aliphatic heterocycles. The van der Waals surface area contributed by atoms with Crippen molar-refractivity contribution in [2.24, 2.45) is 11.3 Å². The van der Waals surface area contributed by atoms with Gasteiger partial charge < -0.3 is 14.7 Å². The fourth-order valence-corrected chi connectivity index (χ4v) is 4.60. The lowest BCUT2D eigenvalue weighted by Gasteiger charge is -2.36. The second-order valence-electron chi connectivity index (χ2n) is 7.74. The van der Waals surface area contributed by atoms with Gasteiger partial charge in [0, 0.05) is 37.9 Å². The second-order valence-corrected chi connectivity index (χ2v) is 7.74. The number of carbonyl (C=O) groups is 2. The van der Waals surface area contributed by atoms with Crippen molar-refractivity contribution in [2.45, 2.75) is 19.8 Å². The van der Waals surface area contributed by atoms with Gasteiger partial charge in [-0.25, -0.2) is 0 Å². The van der Waals surface area contributed by atoms with Crippen LogP contribution in [-0.4, -0.2) is 53.2 Å². The van der Waals surface area contributed by atoms with Crippen LogP contribution in [0, 0.1) is 18.3 Å². The molecule has 6 nitrogen and oxygen atoms in total. The molecule has 2 aliphatic rings. The van der Waals surface area contributed by atoms with Crippen molar-refractivity contribution in [2.75, 3.05) is 26.3 Å². The lowest BCUT2D eigenvalue weighted by atomic mass is 9.72. The van der Waals surface area contributed by atoms with E-state index in [-0.39, 0.29) is 12.5 Å². The number of carboxylic acids is 1. The first-order valence-electron chi connectivity index (χ1n) is 9.63. The Balaban J connectivity index is 1.70. The smallest absolute Gasteiger partial charge is 0.308 e. The Labute approximate surface area is 164 Å². The topological polar surface area (TPSA) is 79.7 Å². The summed E-state index contributed by atoms with van der Waals surface area (Å²) in [5, 5.41) is 9.80. The van der Waals surface area contributed by atoms with Crippen LogP contribution in [0.2, 0.25) is 0 Å². The van der Waals surface area contributed by atoms with E-state index in [1.807, 2.05) is 43.3 Å². The third-order valence-corrected chi connectivity index (χ3v) is 6.16. The minimum atomic E-state index is -0.830. The molecule has 0 saturated carbocycles. The van der Waals surface area contributed by atoms with E-state index in [0.717, 1.165) is 11.1 Å². The summed E-state index contributed by atoms with van der Waals surface area (Å²) >= 11 is 0. The molecule has 146 valence electrons. The number of aryl methyl sites for hydroxylation is 1. The zero-order chi connectivity index (χ0) is 19.7. The standard InChI is InChI=1S/C22H24N2O4/c1-15-19(17(7-10-23-15)16-5-3-2-4-6-16)20(25)24-13-18(21(26)27)22(14-24)8-11-28-12-9-22/h2-7,10,18H,8-9,11-14H2,1H3,(H,26,27). The van der Waals surface area contributed by atoms with E-state index in [0.29, 0.717) is 43.9 Å². The number of rotatable bonds is 3. The van der Waals surface area contributed by atoms with Crippen molar-refractivity contribution in [3.63, 3.8) is 0 Å². The molecule has 6 heteroatoms. The van der Waals surface area contributed by atoms with Gasteiger partial charge in [-0.05, 0) is 37.0 Å². The van der Waals surface area contributed by atoms with Gasteiger partial charge in [-0.3, -0.25) is 14.6 Å². The first-order chi connectivity index (χ1) is 13.5. The number of aliphatic carboxylic acids is 1. The Bertz CT molecular complexity index is 891. The lowest BCUT2D eigenvalue weighted by molar-refractivity contribution is -0.146. The third kappa shape index (κ3) is 3.18. The highest BCUT2D eigenvalue weighted by molar-refractivity contribution is 6.02. The molecule has 1 amide bonds. The van der Waals surface area contributed by atoms with Crippen LogP contribution in [-0.2, 0) is 9.53 Å². The maximum Gasteiger partial charge on any atom is 0.308 e. The normalized spacial score (nSPS) is 21.0. The molecule has 0 radical (unpaired) electrons. The summed E-state index contributed by atoms with van der Waals surface area (Å²) in [5.74, 6) is -1.53. The number of pyridine rings is 1. The summed E-state index contributed by atoms with van der Waals surface area (Å²) in [6, 6.07) is 11.6. The van der Waals surface area contributed by atoms with Gasteiger partial charge in [0.2, 0.25) is 0 Å². The van der Waals surface area contributed by atoms with E-state index in [4.69, 9.17) is 4.74 Å². The lowest BCUT2D eigenvalue weighted by Crippen LogP contribution is -2.40. The Hall–Kier alpha value is -2.73. The maximum absolute atomic E-state index is 13.5. The summed E-state index contributed by atoms with van der Waals surface area (Å²) in [7, 11) is 0. The molecule has 2 saturated heterocycles. The molecular formula is C22H24N2O4. The van der Waals surface area contributed by atoms with Crippen LogP contribution in [0.1, 0.15) is 28.9 Å². The van der Waals surface area contributed by atoms with E-state index in [9.17, 15) is 14.7 Å². The maximum atomic E-state index is 13.5. The minimum absolute atomic E-state index is 0.140. The third-order valence-electron chi connectivity index (χ3n) is 6.16. The molecule has 2 aromatic rings. The molecule has 1 aromatic carbocycles. The Morgan fingerprint density at radius 1 is 1.18 bits per heavy atom. The molecule has 4 rings (SSSR count). The van der Waals surface area contributed by atoms with Crippen LogP contribution >= 0.6 is 0 Å². The number of carboxylic acid groups (broad SMARTS) is 1. The number of aromatic nitrogens is 1. The Morgan fingerprint density at radius 2 is 1.89 bits per heavy atom. The molecular weight excluding hydrogens is 356 g/mol. The number of likely N-dealkylation sites (tertiary alicyclic amines) is 1. The number of hydrogen-bond donors (Lipinski definition) is 1. The van der Waals surface area contributed by atoms with Crippen LogP contribution in [0.25, 0.3) is 11.1 Å². The van der Waals surface area contributed by atoms with Gasteiger partial charge in [-0.2, -0.15) is 0 Å². The van der Waals surface area contributed by atoms with Crippen molar-refractivity contribution >= 4 is 11.9 Å². The molecule has 1 N–H and O–H groups in total. The van der Waals surface area contributed by atoms with Crippen molar-refractivity contribution in [1.29, 1.82) is 0 Å². The molecule has 0 bridgehead atoms. The van der Waals surface area contributed by atoms with Crippen molar-refractivity contribution < 1.29 is 19.4 Å². The monoisotopic (exact) mass is 380 g/mol. The molecule has 3 heterocycles. The Kier molecular flexibility index (Phi) is 4.89. The van der Waals surface area contributed by atoms with Crippen molar-refractivity contribution in [3.05, 3.63) is 53.9 Å². The van der Waals surface area contributed by atoms with Gasteiger partial charge in [0.15, 0.2) is 0 Å². The second kappa shape index (κ2) is 7.36. The van der Waals surface area contributed by atoms with E-state index in [1.54, 1.807) is 11.1 Å². The molecule has 2 fully saturated rings. The number of ether oxygens (including phenoxy) is 1. The average Bonchev–Trinajstić information content (AvgIpc) is 3.07. The van der Waals surface area contributed by atoms with E-state index < -0.39 is 17.3 Å². The molecule has 1 unspecified atom stereocenters. The van der Waals surface area contributed by atoms with E-state index >= 15 is 0 Å². The SMILES string of the molecule is Cc1nccc(-c2ccccc2)c1C(=O)N1CC(C(=O)O)C2(CCOCC2)C1. The van der Waals surface area contributed by atoms with Crippen molar-refractivity contribution in [1.82, 2.24) is 9.88 Å². The predicted molar refractivity (Wildman–Crippen MR) is 104 cm³/mol. The Morgan fingerprint density at radius 3 is 2.57 bits per heavy atom. The summed E-state index contributed by atoms with van der Waals surface area (Å²) < 4.78 is 5.45. The van der Waals surface area contributed by atoms with Gasteiger partial charge in [0.05, 0.1) is 17.2 Å². The van der Waals surface area contributed by atoms with Crippen LogP contribution < -0.4 is 0 Å². The highest BCUT2D eigenvalue weighted by Gasteiger charge is 2.52. The van der Waals surface area contributed by atoms with Gasteiger partial charge in [0.25, 0.3) is 5.91 Å². The van der Waals surface area contributed by atoms with Crippen LogP contribution in [0.3, 0.4) is 0 Å². The molecule has 0 aliphatic carbocycles. The molecule has 28 heavy (non-hydrogen) atoms. The number of amides is 1. The molecule has 1 spiro atoms. The first kappa shape index (κ1) is 18.6. The van der Waals surface area contributed by atoms with E-state index in [1.165, 1.54) is 0 Å².